The van der Waals surface area contributed by atoms with Crippen LogP contribution in [-0.2, 0) is 0 Å². The van der Waals surface area contributed by atoms with E-state index in [0.29, 0.717) is 5.56 Å². The van der Waals surface area contributed by atoms with Crippen LogP contribution in [0.3, 0.4) is 0 Å². The second-order valence-corrected chi connectivity index (χ2v) is 3.13. The van der Waals surface area contributed by atoms with Crippen molar-refractivity contribution in [3.05, 3.63) is 34.1 Å². The van der Waals surface area contributed by atoms with Crippen LogP contribution in [0.15, 0.2) is 12.1 Å². The van der Waals surface area contributed by atoms with Crippen LogP contribution in [0.2, 0.25) is 5.02 Å². The van der Waals surface area contributed by atoms with Crippen molar-refractivity contribution >= 4 is 28.4 Å². The molecule has 0 aromatic heterocycles. The number of halogens is 3. The maximum absolute atomic E-state index is 13.0. The molecule has 0 aliphatic rings. The normalized spacial score (nSPS) is 10.0. The quantitative estimate of drug-likeness (QED) is 0.646. The molecule has 4 heteroatoms. The molecule has 0 unspecified atom stereocenters. The van der Waals surface area contributed by atoms with Crippen LogP contribution in [0.25, 0.3) is 0 Å². The zero-order valence-electron chi connectivity index (χ0n) is 6.20. The first kappa shape index (κ1) is 9.49. The summed E-state index contributed by atoms with van der Waals surface area (Å²) in [6.45, 7) is 1.57. The maximum Gasteiger partial charge on any atom is 0.255 e. The third kappa shape index (κ3) is 1.76. The molecule has 0 radical (unpaired) electrons. The summed E-state index contributed by atoms with van der Waals surface area (Å²) >= 11 is 10.7. The predicted octanol–water partition coefficient (Wildman–Crippen LogP) is 3.17. The molecule has 0 bridgehead atoms. The number of aryl methyl sites for hydroxylation is 1. The van der Waals surface area contributed by atoms with Crippen LogP contribution in [0, 0.1) is 12.7 Å². The summed E-state index contributed by atoms with van der Waals surface area (Å²) in [4.78, 5) is 10.7. The van der Waals surface area contributed by atoms with Crippen LogP contribution in [0.4, 0.5) is 4.39 Å². The van der Waals surface area contributed by atoms with Crippen molar-refractivity contribution in [2.75, 3.05) is 0 Å². The molecule has 0 fully saturated rings. The average Bonchev–Trinajstić information content (AvgIpc) is 1.82. The molecule has 1 aromatic rings. The molecule has 0 spiro atoms. The van der Waals surface area contributed by atoms with E-state index in [0.717, 1.165) is 6.07 Å². The fraction of sp³-hybridized carbons (Fsp3) is 0.125. The molecule has 12 heavy (non-hydrogen) atoms. The Hall–Kier alpha value is -0.600. The van der Waals surface area contributed by atoms with Gasteiger partial charge in [0.1, 0.15) is 5.82 Å². The largest absolute Gasteiger partial charge is 0.275 e. The summed E-state index contributed by atoms with van der Waals surface area (Å²) < 4.78 is 13.0. The Morgan fingerprint density at radius 2 is 2.08 bits per heavy atom. The second-order valence-electron chi connectivity index (χ2n) is 2.35. The number of hydrogen-bond donors (Lipinski definition) is 0. The highest BCUT2D eigenvalue weighted by Gasteiger charge is 2.12. The zero-order valence-corrected chi connectivity index (χ0v) is 7.71. The van der Waals surface area contributed by atoms with Crippen LogP contribution in [0.1, 0.15) is 15.9 Å². The van der Waals surface area contributed by atoms with E-state index in [9.17, 15) is 9.18 Å². The fourth-order valence-corrected chi connectivity index (χ4v) is 1.45. The molecule has 0 aliphatic heterocycles. The van der Waals surface area contributed by atoms with Crippen molar-refractivity contribution in [2.45, 2.75) is 6.92 Å². The van der Waals surface area contributed by atoms with Crippen molar-refractivity contribution < 1.29 is 9.18 Å². The highest BCUT2D eigenvalue weighted by molar-refractivity contribution is 6.68. The fourth-order valence-electron chi connectivity index (χ4n) is 0.951. The molecule has 0 N–H and O–H groups in total. The van der Waals surface area contributed by atoms with Gasteiger partial charge in [0.15, 0.2) is 0 Å². The Labute approximate surface area is 79.1 Å². The van der Waals surface area contributed by atoms with E-state index < -0.39 is 11.1 Å². The highest BCUT2D eigenvalue weighted by atomic mass is 35.5. The molecule has 0 amide bonds. The molecular weight excluding hydrogens is 202 g/mol. The first-order valence-electron chi connectivity index (χ1n) is 3.18. The van der Waals surface area contributed by atoms with Crippen molar-refractivity contribution in [3.8, 4) is 0 Å². The van der Waals surface area contributed by atoms with E-state index >= 15 is 0 Å². The van der Waals surface area contributed by atoms with Crippen LogP contribution < -0.4 is 0 Å². The van der Waals surface area contributed by atoms with Crippen molar-refractivity contribution in [1.82, 2.24) is 0 Å². The third-order valence-corrected chi connectivity index (χ3v) is 1.86. The van der Waals surface area contributed by atoms with E-state index in [1.165, 1.54) is 6.07 Å². The average molecular weight is 207 g/mol. The third-order valence-electron chi connectivity index (χ3n) is 1.45. The molecule has 0 atom stereocenters. The molecular formula is C8H5Cl2FO. The lowest BCUT2D eigenvalue weighted by Gasteiger charge is -2.01. The van der Waals surface area contributed by atoms with Crippen LogP contribution >= 0.6 is 23.2 Å². The van der Waals surface area contributed by atoms with E-state index in [1.54, 1.807) is 6.92 Å². The number of benzene rings is 1. The number of carbonyl (C=O) groups excluding carboxylic acids is 1. The number of rotatable bonds is 1. The van der Waals surface area contributed by atoms with Gasteiger partial charge in [-0.25, -0.2) is 4.39 Å². The molecule has 1 rings (SSSR count). The van der Waals surface area contributed by atoms with Gasteiger partial charge >= 0.3 is 0 Å². The Balaban J connectivity index is 3.38. The van der Waals surface area contributed by atoms with Crippen molar-refractivity contribution in [1.29, 1.82) is 0 Å². The lowest BCUT2D eigenvalue weighted by atomic mass is 10.1. The Morgan fingerprint density at radius 3 is 2.50 bits per heavy atom. The molecule has 64 valence electrons. The lowest BCUT2D eigenvalue weighted by Crippen LogP contribution is -1.98. The first-order valence-corrected chi connectivity index (χ1v) is 3.93. The lowest BCUT2D eigenvalue weighted by molar-refractivity contribution is 0.107. The van der Waals surface area contributed by atoms with Gasteiger partial charge in [-0.1, -0.05) is 11.6 Å². The molecule has 0 saturated heterocycles. The van der Waals surface area contributed by atoms with E-state index in [2.05, 4.69) is 0 Å². The van der Waals surface area contributed by atoms with E-state index in [4.69, 9.17) is 23.2 Å². The van der Waals surface area contributed by atoms with Crippen LogP contribution in [-0.4, -0.2) is 5.24 Å². The second kappa shape index (κ2) is 3.42. The summed E-state index contributed by atoms with van der Waals surface area (Å²) in [6, 6.07) is 2.55. The smallest absolute Gasteiger partial charge is 0.255 e. The highest BCUT2D eigenvalue weighted by Crippen LogP contribution is 2.20. The standard InChI is InChI=1S/C8H5Cl2FO/c1-4-2-5(9)3-6(11)7(4)8(10)12/h2-3H,1H3. The Kier molecular flexibility index (Phi) is 2.70. The van der Waals surface area contributed by atoms with Crippen LogP contribution in [0.5, 0.6) is 0 Å². The van der Waals surface area contributed by atoms with Gasteiger partial charge in [0.05, 0.1) is 5.56 Å². The minimum atomic E-state index is -0.804. The first-order chi connectivity index (χ1) is 5.52. The van der Waals surface area contributed by atoms with Crippen molar-refractivity contribution in [3.63, 3.8) is 0 Å². The minimum absolute atomic E-state index is 0.110. The molecule has 0 saturated carbocycles. The molecule has 0 heterocycles. The topological polar surface area (TPSA) is 17.1 Å². The van der Waals surface area contributed by atoms with E-state index in [1.807, 2.05) is 0 Å². The number of hydrogen-bond acceptors (Lipinski definition) is 1. The van der Waals surface area contributed by atoms with Gasteiger partial charge in [0.2, 0.25) is 0 Å². The summed E-state index contributed by atoms with van der Waals surface area (Å²) in [6.07, 6.45) is 0. The SMILES string of the molecule is Cc1cc(Cl)cc(F)c1C(=O)Cl. The van der Waals surface area contributed by atoms with Gasteiger partial charge in [-0.2, -0.15) is 0 Å². The monoisotopic (exact) mass is 206 g/mol. The van der Waals surface area contributed by atoms with Gasteiger partial charge in [-0.05, 0) is 36.2 Å². The predicted molar refractivity (Wildman–Crippen MR) is 46.3 cm³/mol. The van der Waals surface area contributed by atoms with Gasteiger partial charge in [-0.3, -0.25) is 4.79 Å². The minimum Gasteiger partial charge on any atom is -0.275 e. The Bertz CT molecular complexity index is 313. The maximum atomic E-state index is 13.0. The summed E-state index contributed by atoms with van der Waals surface area (Å²) in [7, 11) is 0. The molecule has 1 nitrogen and oxygen atoms in total. The zero-order chi connectivity index (χ0) is 9.30. The number of carbonyl (C=O) groups is 1. The van der Waals surface area contributed by atoms with Gasteiger partial charge in [-0.15, -0.1) is 0 Å². The van der Waals surface area contributed by atoms with E-state index in [-0.39, 0.29) is 10.6 Å². The summed E-state index contributed by atoms with van der Waals surface area (Å²) in [5.41, 5.74) is 0.334. The summed E-state index contributed by atoms with van der Waals surface area (Å²) in [5, 5.41) is -0.548. The Morgan fingerprint density at radius 1 is 1.50 bits per heavy atom. The van der Waals surface area contributed by atoms with Crippen molar-refractivity contribution in [2.24, 2.45) is 0 Å². The van der Waals surface area contributed by atoms with Gasteiger partial charge in [0, 0.05) is 5.02 Å². The van der Waals surface area contributed by atoms with Gasteiger partial charge in [0.25, 0.3) is 5.24 Å². The molecule has 1 aromatic carbocycles. The summed E-state index contributed by atoms with van der Waals surface area (Å²) in [5.74, 6) is -0.681. The molecule has 0 aliphatic carbocycles. The van der Waals surface area contributed by atoms with Gasteiger partial charge < -0.3 is 0 Å².